The molecule has 0 heterocycles. The van der Waals surface area contributed by atoms with E-state index in [1.165, 1.54) is 0 Å². The molecule has 0 aromatic heterocycles. The highest BCUT2D eigenvalue weighted by molar-refractivity contribution is 7.99. The number of hydrogen-bond acceptors (Lipinski definition) is 3. The maximum absolute atomic E-state index is 13.0. The van der Waals surface area contributed by atoms with Crippen molar-refractivity contribution in [2.24, 2.45) is 0 Å². The van der Waals surface area contributed by atoms with Crippen molar-refractivity contribution < 1.29 is 9.59 Å². The van der Waals surface area contributed by atoms with Crippen LogP contribution >= 0.6 is 23.4 Å². The molecular weight excluding hydrogens is 416 g/mol. The van der Waals surface area contributed by atoms with E-state index in [1.54, 1.807) is 23.6 Å². The van der Waals surface area contributed by atoms with Gasteiger partial charge in [-0.25, -0.2) is 0 Å². The monoisotopic (exact) mass is 446 g/mol. The summed E-state index contributed by atoms with van der Waals surface area (Å²) in [5.74, 6) is 0.728. The molecule has 0 spiro atoms. The number of rotatable bonds is 11. The third kappa shape index (κ3) is 8.04. The molecule has 0 aliphatic carbocycles. The van der Waals surface area contributed by atoms with Crippen LogP contribution in [0.1, 0.15) is 45.6 Å². The van der Waals surface area contributed by atoms with Gasteiger partial charge in [0.1, 0.15) is 6.04 Å². The van der Waals surface area contributed by atoms with E-state index >= 15 is 0 Å². The normalized spacial score (nSPS) is 12.8. The molecule has 0 saturated heterocycles. The first kappa shape index (κ1) is 24.3. The summed E-state index contributed by atoms with van der Waals surface area (Å²) < 4.78 is 0. The fourth-order valence-corrected chi connectivity index (χ4v) is 3.90. The topological polar surface area (TPSA) is 49.4 Å². The van der Waals surface area contributed by atoms with Crippen LogP contribution in [0, 0.1) is 0 Å². The van der Waals surface area contributed by atoms with E-state index in [2.05, 4.69) is 5.32 Å². The van der Waals surface area contributed by atoms with Crippen LogP contribution in [0.2, 0.25) is 5.02 Å². The van der Waals surface area contributed by atoms with Crippen molar-refractivity contribution in [3.05, 3.63) is 65.2 Å². The largest absolute Gasteiger partial charge is 0.352 e. The van der Waals surface area contributed by atoms with Crippen LogP contribution in [0.15, 0.2) is 59.5 Å². The minimum absolute atomic E-state index is 0.00219. The summed E-state index contributed by atoms with van der Waals surface area (Å²) in [6.07, 6.45) is 2.01. The lowest BCUT2D eigenvalue weighted by Crippen LogP contribution is -2.49. The lowest BCUT2D eigenvalue weighted by atomic mass is 10.1. The third-order valence-electron chi connectivity index (χ3n) is 4.98. The zero-order valence-electron chi connectivity index (χ0n) is 17.9. The molecule has 2 rings (SSSR count). The Morgan fingerprint density at radius 1 is 1.07 bits per heavy atom. The molecule has 0 unspecified atom stereocenters. The summed E-state index contributed by atoms with van der Waals surface area (Å²) in [7, 11) is 0. The number of thioether (sulfide) groups is 1. The highest BCUT2D eigenvalue weighted by atomic mass is 35.5. The zero-order chi connectivity index (χ0) is 21.9. The molecule has 2 atom stereocenters. The molecule has 1 N–H and O–H groups in total. The number of benzene rings is 2. The summed E-state index contributed by atoms with van der Waals surface area (Å²) in [4.78, 5) is 28.5. The number of carbonyl (C=O) groups is 2. The smallest absolute Gasteiger partial charge is 0.242 e. The zero-order valence-corrected chi connectivity index (χ0v) is 19.5. The van der Waals surface area contributed by atoms with Gasteiger partial charge in [0.2, 0.25) is 11.8 Å². The van der Waals surface area contributed by atoms with Gasteiger partial charge < -0.3 is 10.2 Å². The minimum Gasteiger partial charge on any atom is -0.352 e. The van der Waals surface area contributed by atoms with Crippen LogP contribution in [-0.2, 0) is 16.1 Å². The second kappa shape index (κ2) is 12.7. The maximum Gasteiger partial charge on any atom is 0.242 e. The van der Waals surface area contributed by atoms with Gasteiger partial charge in [-0.3, -0.25) is 9.59 Å². The Labute approximate surface area is 189 Å². The molecule has 162 valence electrons. The van der Waals surface area contributed by atoms with E-state index in [9.17, 15) is 9.59 Å². The van der Waals surface area contributed by atoms with E-state index < -0.39 is 6.04 Å². The number of carbonyl (C=O) groups excluding carboxylic acids is 2. The van der Waals surface area contributed by atoms with E-state index in [4.69, 9.17) is 11.6 Å². The van der Waals surface area contributed by atoms with Gasteiger partial charge in [-0.1, -0.05) is 48.9 Å². The summed E-state index contributed by atoms with van der Waals surface area (Å²) in [6.45, 7) is 6.24. The van der Waals surface area contributed by atoms with E-state index in [1.807, 2.05) is 68.4 Å². The average Bonchev–Trinajstić information content (AvgIpc) is 2.76. The van der Waals surface area contributed by atoms with Gasteiger partial charge in [0.05, 0.1) is 0 Å². The number of hydrogen-bond donors (Lipinski definition) is 1. The molecule has 0 aliphatic rings. The number of nitrogens with one attached hydrogen (secondary N) is 1. The van der Waals surface area contributed by atoms with Crippen molar-refractivity contribution in [1.29, 1.82) is 0 Å². The third-order valence-corrected chi connectivity index (χ3v) is 6.33. The molecule has 4 nitrogen and oxygen atoms in total. The average molecular weight is 447 g/mol. The van der Waals surface area contributed by atoms with Gasteiger partial charge in [0.15, 0.2) is 0 Å². The van der Waals surface area contributed by atoms with Gasteiger partial charge in [-0.2, -0.15) is 0 Å². The summed E-state index contributed by atoms with van der Waals surface area (Å²) >= 11 is 7.62. The summed E-state index contributed by atoms with van der Waals surface area (Å²) in [6, 6.07) is 17.1. The molecule has 0 bridgehead atoms. The predicted molar refractivity (Wildman–Crippen MR) is 126 cm³/mol. The first-order chi connectivity index (χ1) is 14.4. The Hall–Kier alpha value is -1.98. The van der Waals surface area contributed by atoms with Gasteiger partial charge in [0, 0.05) is 28.9 Å². The second-order valence-electron chi connectivity index (χ2n) is 7.41. The van der Waals surface area contributed by atoms with Crippen LogP contribution in [0.4, 0.5) is 0 Å². The standard InChI is InChI=1S/C24H31ClN2O2S/c1-4-18(2)26-24(29)19(3)27(17-20-9-6-5-7-10-20)23(28)11-8-16-30-22-14-12-21(25)13-15-22/h5-7,9-10,12-15,18-19H,4,8,11,16-17H2,1-3H3,(H,26,29)/t18-,19-/m0/s1. The van der Waals surface area contributed by atoms with Crippen LogP contribution in [0.3, 0.4) is 0 Å². The molecule has 2 aromatic carbocycles. The second-order valence-corrected chi connectivity index (χ2v) is 9.01. The number of nitrogens with zero attached hydrogens (tertiary/aromatic N) is 1. The minimum atomic E-state index is -0.518. The molecule has 2 amide bonds. The Bertz CT molecular complexity index is 799. The fraction of sp³-hybridized carbons (Fsp3) is 0.417. The van der Waals surface area contributed by atoms with E-state index in [0.29, 0.717) is 13.0 Å². The summed E-state index contributed by atoms with van der Waals surface area (Å²) in [5.41, 5.74) is 1.02. The lowest BCUT2D eigenvalue weighted by molar-refractivity contribution is -0.140. The van der Waals surface area contributed by atoms with Crippen LogP contribution in [0.25, 0.3) is 0 Å². The quantitative estimate of drug-likeness (QED) is 0.364. The molecule has 0 saturated carbocycles. The Kier molecular flexibility index (Phi) is 10.2. The van der Waals surface area contributed by atoms with Crippen molar-refractivity contribution in [2.75, 3.05) is 5.75 Å². The molecule has 6 heteroatoms. The first-order valence-electron chi connectivity index (χ1n) is 10.4. The van der Waals surface area contributed by atoms with Gasteiger partial charge in [-0.15, -0.1) is 11.8 Å². The lowest BCUT2D eigenvalue weighted by Gasteiger charge is -2.29. The van der Waals surface area contributed by atoms with Gasteiger partial charge in [0.25, 0.3) is 0 Å². The predicted octanol–water partition coefficient (Wildman–Crippen LogP) is 5.54. The van der Waals surface area contributed by atoms with Crippen LogP contribution in [0.5, 0.6) is 0 Å². The highest BCUT2D eigenvalue weighted by Crippen LogP contribution is 2.22. The Morgan fingerprint density at radius 2 is 1.73 bits per heavy atom. The van der Waals surface area contributed by atoms with Gasteiger partial charge >= 0.3 is 0 Å². The molecule has 0 fully saturated rings. The Morgan fingerprint density at radius 3 is 2.37 bits per heavy atom. The number of halogens is 1. The molecule has 0 radical (unpaired) electrons. The molecule has 2 aromatic rings. The SMILES string of the molecule is CC[C@H](C)NC(=O)[C@H](C)N(Cc1ccccc1)C(=O)CCCSc1ccc(Cl)cc1. The maximum atomic E-state index is 13.0. The molecule has 0 aliphatic heterocycles. The van der Waals surface area contributed by atoms with E-state index in [-0.39, 0.29) is 17.9 Å². The van der Waals surface area contributed by atoms with Crippen molar-refractivity contribution in [2.45, 2.75) is 63.6 Å². The molecular formula is C24H31ClN2O2S. The van der Waals surface area contributed by atoms with Crippen molar-refractivity contribution in [3.63, 3.8) is 0 Å². The number of amides is 2. The van der Waals surface area contributed by atoms with Gasteiger partial charge in [-0.05, 0) is 62.3 Å². The summed E-state index contributed by atoms with van der Waals surface area (Å²) in [5, 5.41) is 3.71. The fourth-order valence-electron chi connectivity index (χ4n) is 2.92. The molecule has 30 heavy (non-hydrogen) atoms. The van der Waals surface area contributed by atoms with Crippen molar-refractivity contribution in [3.8, 4) is 0 Å². The van der Waals surface area contributed by atoms with Crippen molar-refractivity contribution >= 4 is 35.2 Å². The Balaban J connectivity index is 1.96. The van der Waals surface area contributed by atoms with Crippen LogP contribution in [-0.4, -0.2) is 34.6 Å². The highest BCUT2D eigenvalue weighted by Gasteiger charge is 2.26. The van der Waals surface area contributed by atoms with Crippen molar-refractivity contribution in [1.82, 2.24) is 10.2 Å². The van der Waals surface area contributed by atoms with E-state index in [0.717, 1.165) is 34.1 Å². The first-order valence-corrected chi connectivity index (χ1v) is 11.8. The van der Waals surface area contributed by atoms with Crippen LogP contribution < -0.4 is 5.32 Å².